The molecular formula is C20H20N2O5S. The van der Waals surface area contributed by atoms with E-state index in [2.05, 4.69) is 17.0 Å². The molecule has 0 saturated carbocycles. The molecule has 0 atom stereocenters. The maximum Gasteiger partial charge on any atom is 0.307 e. The molecule has 0 bridgehead atoms. The summed E-state index contributed by atoms with van der Waals surface area (Å²) < 4.78 is 5.61. The van der Waals surface area contributed by atoms with Gasteiger partial charge >= 0.3 is 4.87 Å². The van der Waals surface area contributed by atoms with Gasteiger partial charge in [-0.25, -0.2) is 0 Å². The van der Waals surface area contributed by atoms with Gasteiger partial charge in [-0.15, -0.1) is 0 Å². The number of ether oxygens (including phenoxy) is 1. The Hall–Kier alpha value is -3.23. The second-order valence-corrected chi connectivity index (χ2v) is 7.00. The lowest BCUT2D eigenvalue weighted by Crippen LogP contribution is -2.17. The zero-order chi connectivity index (χ0) is 19.9. The van der Waals surface area contributed by atoms with Crippen LogP contribution in [0.15, 0.2) is 59.9 Å². The Morgan fingerprint density at radius 3 is 2.43 bits per heavy atom. The molecule has 0 radical (unpaired) electrons. The van der Waals surface area contributed by atoms with Gasteiger partial charge in [-0.05, 0) is 47.5 Å². The summed E-state index contributed by atoms with van der Waals surface area (Å²) in [4.78, 5) is 19.2. The summed E-state index contributed by atoms with van der Waals surface area (Å²) in [5, 5.41) is 18.9. The van der Waals surface area contributed by atoms with Crippen LogP contribution in [0.3, 0.4) is 0 Å². The van der Waals surface area contributed by atoms with Crippen molar-refractivity contribution in [3.8, 4) is 17.4 Å². The first-order chi connectivity index (χ1) is 13.5. The number of phenolic OH excluding ortho intramolecular Hbond substituents is 1. The number of aromatic hydroxyl groups is 2. The van der Waals surface area contributed by atoms with E-state index in [1.54, 1.807) is 24.3 Å². The van der Waals surface area contributed by atoms with Gasteiger partial charge in [-0.3, -0.25) is 20.1 Å². The predicted molar refractivity (Wildman–Crippen MR) is 108 cm³/mol. The number of aromatic amines is 1. The second-order valence-electron chi connectivity index (χ2n) is 5.93. The molecule has 2 aromatic carbocycles. The fourth-order valence-corrected chi connectivity index (χ4v) is 3.18. The van der Waals surface area contributed by atoms with E-state index in [0.717, 1.165) is 22.5 Å². The van der Waals surface area contributed by atoms with Crippen molar-refractivity contribution < 1.29 is 19.8 Å². The lowest BCUT2D eigenvalue weighted by molar-refractivity contribution is 0.0541. The van der Waals surface area contributed by atoms with Crippen molar-refractivity contribution in [2.75, 3.05) is 13.2 Å². The van der Waals surface area contributed by atoms with Gasteiger partial charge in [-0.2, -0.15) is 0 Å². The van der Waals surface area contributed by atoms with E-state index in [0.29, 0.717) is 36.0 Å². The highest BCUT2D eigenvalue weighted by Crippen LogP contribution is 2.21. The maximum atomic E-state index is 11.2. The van der Waals surface area contributed by atoms with E-state index < -0.39 is 0 Å². The van der Waals surface area contributed by atoms with Crippen LogP contribution in [0.25, 0.3) is 5.70 Å². The molecule has 0 spiro atoms. The van der Waals surface area contributed by atoms with Crippen LogP contribution >= 0.6 is 11.3 Å². The van der Waals surface area contributed by atoms with Crippen molar-refractivity contribution in [1.82, 2.24) is 10.5 Å². The Bertz CT molecular complexity index is 977. The van der Waals surface area contributed by atoms with Crippen LogP contribution in [0, 0.1) is 0 Å². The molecule has 7 nitrogen and oxygen atoms in total. The Morgan fingerprint density at radius 2 is 1.79 bits per heavy atom. The van der Waals surface area contributed by atoms with E-state index in [1.807, 2.05) is 24.3 Å². The molecule has 3 aromatic rings. The van der Waals surface area contributed by atoms with Crippen LogP contribution in [0.4, 0.5) is 0 Å². The average molecular weight is 400 g/mol. The zero-order valence-corrected chi connectivity index (χ0v) is 15.8. The lowest BCUT2D eigenvalue weighted by Gasteiger charge is -2.11. The third-order valence-electron chi connectivity index (χ3n) is 3.85. The molecule has 8 heteroatoms. The summed E-state index contributed by atoms with van der Waals surface area (Å²) in [5.74, 6) is 0.808. The molecule has 4 N–H and O–H groups in total. The highest BCUT2D eigenvalue weighted by Gasteiger charge is 2.07. The van der Waals surface area contributed by atoms with Crippen molar-refractivity contribution >= 4 is 17.0 Å². The Morgan fingerprint density at radius 1 is 1.07 bits per heavy atom. The third-order valence-corrected chi connectivity index (χ3v) is 4.73. The number of hydroxylamine groups is 1. The van der Waals surface area contributed by atoms with Crippen LogP contribution in [-0.2, 0) is 11.3 Å². The van der Waals surface area contributed by atoms with Gasteiger partial charge in [0.15, 0.2) is 0 Å². The molecule has 0 aliphatic heterocycles. The zero-order valence-electron chi connectivity index (χ0n) is 15.0. The molecule has 28 heavy (non-hydrogen) atoms. The molecule has 0 aliphatic carbocycles. The Balaban J connectivity index is 1.39. The van der Waals surface area contributed by atoms with Gasteiger partial charge in [0.1, 0.15) is 24.7 Å². The number of nitrogens with one attached hydrogen (secondary N) is 2. The summed E-state index contributed by atoms with van der Waals surface area (Å²) >= 11 is 0.999. The number of H-pyrrole nitrogens is 1. The summed E-state index contributed by atoms with van der Waals surface area (Å²) in [6, 6.07) is 14.0. The average Bonchev–Trinajstić information content (AvgIpc) is 3.00. The van der Waals surface area contributed by atoms with Gasteiger partial charge in [0.2, 0.25) is 5.88 Å². The molecule has 3 rings (SSSR count). The Labute approximate surface area is 165 Å². The molecule has 0 aliphatic rings. The highest BCUT2D eigenvalue weighted by atomic mass is 32.1. The normalized spacial score (nSPS) is 10.6. The second kappa shape index (κ2) is 9.12. The highest BCUT2D eigenvalue weighted by molar-refractivity contribution is 7.09. The SMILES string of the molecule is C=C(NOCCOc1ccc(Cc2sc(=O)[nH]c2O)cc1)c1ccc(O)cc1. The number of phenols is 1. The van der Waals surface area contributed by atoms with Crippen LogP contribution in [-0.4, -0.2) is 28.4 Å². The van der Waals surface area contributed by atoms with Gasteiger partial charge in [0.05, 0.1) is 10.6 Å². The van der Waals surface area contributed by atoms with E-state index in [9.17, 15) is 15.0 Å². The molecule has 0 saturated heterocycles. The first-order valence-corrected chi connectivity index (χ1v) is 9.32. The summed E-state index contributed by atoms with van der Waals surface area (Å²) in [6.07, 6.45) is 0.474. The number of aromatic nitrogens is 1. The molecule has 1 aromatic heterocycles. The van der Waals surface area contributed by atoms with Crippen molar-refractivity contribution in [3.63, 3.8) is 0 Å². The molecular weight excluding hydrogens is 380 g/mol. The largest absolute Gasteiger partial charge is 0.508 e. The van der Waals surface area contributed by atoms with Crippen molar-refractivity contribution in [2.45, 2.75) is 6.42 Å². The molecule has 0 fully saturated rings. The fourth-order valence-electron chi connectivity index (χ4n) is 2.42. The van der Waals surface area contributed by atoms with Crippen molar-refractivity contribution in [2.24, 2.45) is 0 Å². The van der Waals surface area contributed by atoms with Crippen molar-refractivity contribution in [3.05, 3.63) is 80.8 Å². The molecule has 146 valence electrons. The monoisotopic (exact) mass is 400 g/mol. The minimum absolute atomic E-state index is 0.0751. The third kappa shape index (κ3) is 5.38. The first-order valence-electron chi connectivity index (χ1n) is 8.50. The topological polar surface area (TPSA) is 104 Å². The molecule has 1 heterocycles. The standard InChI is InChI=1S/C20H20N2O5S/c1-13(15-4-6-16(23)7-5-15)22-27-11-10-26-17-8-2-14(3-9-17)12-18-19(24)21-20(25)28-18/h2-9,22-24H,1,10-12H2,(H,21,25). The quantitative estimate of drug-likeness (QED) is 0.325. The van der Waals surface area contributed by atoms with E-state index >= 15 is 0 Å². The van der Waals surface area contributed by atoms with Gasteiger partial charge in [0.25, 0.3) is 0 Å². The van der Waals surface area contributed by atoms with Gasteiger partial charge in [-0.1, -0.05) is 30.0 Å². The van der Waals surface area contributed by atoms with Gasteiger partial charge in [0, 0.05) is 6.42 Å². The minimum Gasteiger partial charge on any atom is -0.508 e. The van der Waals surface area contributed by atoms with Crippen LogP contribution in [0.5, 0.6) is 17.4 Å². The number of hydrogen-bond donors (Lipinski definition) is 4. The van der Waals surface area contributed by atoms with E-state index in [-0.39, 0.29) is 16.5 Å². The van der Waals surface area contributed by atoms with Crippen LogP contribution in [0.2, 0.25) is 0 Å². The lowest BCUT2D eigenvalue weighted by atomic mass is 10.1. The molecule has 0 amide bonds. The van der Waals surface area contributed by atoms with E-state index in [1.165, 1.54) is 0 Å². The number of hydrogen-bond acceptors (Lipinski definition) is 7. The smallest absolute Gasteiger partial charge is 0.307 e. The summed E-state index contributed by atoms with van der Waals surface area (Å²) in [6.45, 7) is 4.52. The fraction of sp³-hybridized carbons (Fsp3) is 0.150. The summed E-state index contributed by atoms with van der Waals surface area (Å²) in [5.41, 5.74) is 5.10. The number of thiazole rings is 1. The predicted octanol–water partition coefficient (Wildman–Crippen LogP) is 3.01. The van der Waals surface area contributed by atoms with Gasteiger partial charge < -0.3 is 14.9 Å². The Kier molecular flexibility index (Phi) is 6.36. The van der Waals surface area contributed by atoms with E-state index in [4.69, 9.17) is 9.57 Å². The number of benzene rings is 2. The minimum atomic E-state index is -0.269. The number of rotatable bonds is 9. The van der Waals surface area contributed by atoms with Crippen molar-refractivity contribution in [1.29, 1.82) is 0 Å². The maximum absolute atomic E-state index is 11.2. The van der Waals surface area contributed by atoms with Crippen LogP contribution in [0.1, 0.15) is 16.0 Å². The summed E-state index contributed by atoms with van der Waals surface area (Å²) in [7, 11) is 0. The van der Waals surface area contributed by atoms with Crippen LogP contribution < -0.4 is 15.1 Å². The first kappa shape index (κ1) is 19.5. The molecule has 0 unspecified atom stereocenters.